The van der Waals surface area contributed by atoms with Crippen LogP contribution in [-0.2, 0) is 6.18 Å². The van der Waals surface area contributed by atoms with E-state index in [1.165, 1.54) is 0 Å². The Hall–Kier alpha value is -1.09. The molecule has 1 aromatic carbocycles. The molecule has 9 heteroatoms. The van der Waals surface area contributed by atoms with E-state index in [0.29, 0.717) is 6.07 Å². The van der Waals surface area contributed by atoms with Gasteiger partial charge in [-0.1, -0.05) is 11.8 Å². The number of fused-ring (bicyclic) bond motifs is 1. The fourth-order valence-corrected chi connectivity index (χ4v) is 2.40. The standard InChI is InChI=1S/C10H5BrF4N2OS/c1-19-9-16-7-3(8(18)17-9)2-4(10(13,14)15)5(11)6(7)12/h2H,1H3,(H,16,17,18). The van der Waals surface area contributed by atoms with Gasteiger partial charge in [0, 0.05) is 0 Å². The van der Waals surface area contributed by atoms with Crippen LogP contribution in [0.25, 0.3) is 10.9 Å². The Morgan fingerprint density at radius 1 is 1.42 bits per heavy atom. The average molecular weight is 357 g/mol. The summed E-state index contributed by atoms with van der Waals surface area (Å²) in [5.74, 6) is -1.20. The summed E-state index contributed by atoms with van der Waals surface area (Å²) in [5.41, 5.74) is -2.46. The second-order valence-corrected chi connectivity index (χ2v) is 5.11. The molecule has 0 saturated carbocycles. The van der Waals surface area contributed by atoms with Gasteiger partial charge in [-0.05, 0) is 28.3 Å². The summed E-state index contributed by atoms with van der Waals surface area (Å²) >= 11 is 3.61. The molecule has 0 spiro atoms. The zero-order chi connectivity index (χ0) is 14.4. The van der Waals surface area contributed by atoms with Gasteiger partial charge in [0.1, 0.15) is 5.52 Å². The lowest BCUT2D eigenvalue weighted by Crippen LogP contribution is -2.14. The summed E-state index contributed by atoms with van der Waals surface area (Å²) in [5, 5.41) is -0.311. The van der Waals surface area contributed by atoms with Crippen LogP contribution in [0.3, 0.4) is 0 Å². The average Bonchev–Trinajstić information content (AvgIpc) is 2.32. The molecule has 0 radical (unpaired) electrons. The first-order chi connectivity index (χ1) is 8.75. The molecule has 2 rings (SSSR count). The maximum absolute atomic E-state index is 13.9. The first-order valence-electron chi connectivity index (χ1n) is 4.79. The SMILES string of the molecule is CSc1nc2c(F)c(Br)c(C(F)(F)F)cc2c(=O)[nH]1. The number of alkyl halides is 3. The Balaban J connectivity index is 2.93. The van der Waals surface area contributed by atoms with E-state index in [4.69, 9.17) is 0 Å². The molecule has 0 amide bonds. The molecule has 19 heavy (non-hydrogen) atoms. The Bertz CT molecular complexity index is 713. The van der Waals surface area contributed by atoms with Crippen LogP contribution in [0.2, 0.25) is 0 Å². The number of halogens is 5. The van der Waals surface area contributed by atoms with Crippen LogP contribution in [-0.4, -0.2) is 16.2 Å². The molecule has 0 bridgehead atoms. The topological polar surface area (TPSA) is 45.8 Å². The number of rotatable bonds is 1. The van der Waals surface area contributed by atoms with Gasteiger partial charge in [0.2, 0.25) is 0 Å². The third-order valence-electron chi connectivity index (χ3n) is 2.36. The highest BCUT2D eigenvalue weighted by Crippen LogP contribution is 2.38. The number of benzene rings is 1. The normalized spacial score (nSPS) is 12.1. The van der Waals surface area contributed by atoms with Crippen molar-refractivity contribution in [3.05, 3.63) is 32.3 Å². The number of H-pyrrole nitrogens is 1. The van der Waals surface area contributed by atoms with Gasteiger partial charge in [0.25, 0.3) is 5.56 Å². The number of aromatic amines is 1. The third kappa shape index (κ3) is 2.48. The molecule has 0 fully saturated rings. The number of hydrogen-bond donors (Lipinski definition) is 1. The molecule has 1 N–H and O–H groups in total. The van der Waals surface area contributed by atoms with Crippen molar-refractivity contribution in [1.82, 2.24) is 9.97 Å². The summed E-state index contributed by atoms with van der Waals surface area (Å²) in [6, 6.07) is 0.582. The second kappa shape index (κ2) is 4.78. The van der Waals surface area contributed by atoms with E-state index in [1.54, 1.807) is 6.26 Å². The van der Waals surface area contributed by atoms with E-state index in [-0.39, 0.29) is 5.16 Å². The first kappa shape index (κ1) is 14.3. The summed E-state index contributed by atoms with van der Waals surface area (Å²) < 4.78 is 51.3. The van der Waals surface area contributed by atoms with E-state index in [1.807, 2.05) is 0 Å². The van der Waals surface area contributed by atoms with Gasteiger partial charge in [0.15, 0.2) is 11.0 Å². The molecule has 0 unspecified atom stereocenters. The maximum atomic E-state index is 13.9. The van der Waals surface area contributed by atoms with Crippen LogP contribution in [0.1, 0.15) is 5.56 Å². The van der Waals surface area contributed by atoms with Crippen molar-refractivity contribution in [3.63, 3.8) is 0 Å². The van der Waals surface area contributed by atoms with Crippen molar-refractivity contribution < 1.29 is 17.6 Å². The Kier molecular flexibility index (Phi) is 3.61. The van der Waals surface area contributed by atoms with Gasteiger partial charge >= 0.3 is 6.18 Å². The molecule has 2 aromatic rings. The zero-order valence-electron chi connectivity index (χ0n) is 9.23. The summed E-state index contributed by atoms with van der Waals surface area (Å²) in [6.45, 7) is 0. The van der Waals surface area contributed by atoms with Crippen molar-refractivity contribution in [2.45, 2.75) is 11.3 Å². The number of aromatic nitrogens is 2. The minimum absolute atomic E-state index is 0.128. The summed E-state index contributed by atoms with van der Waals surface area (Å²) in [6.07, 6.45) is -3.17. The van der Waals surface area contributed by atoms with Crippen LogP contribution in [0.5, 0.6) is 0 Å². The molecule has 0 aliphatic carbocycles. The minimum atomic E-state index is -4.77. The summed E-state index contributed by atoms with van der Waals surface area (Å²) in [4.78, 5) is 17.7. The van der Waals surface area contributed by atoms with Crippen molar-refractivity contribution in [3.8, 4) is 0 Å². The van der Waals surface area contributed by atoms with Crippen LogP contribution in [0.4, 0.5) is 17.6 Å². The predicted molar refractivity (Wildman–Crippen MR) is 66.8 cm³/mol. The molecule has 0 saturated heterocycles. The third-order valence-corrected chi connectivity index (χ3v) is 3.71. The molecule has 1 aromatic heterocycles. The lowest BCUT2D eigenvalue weighted by Gasteiger charge is -2.11. The van der Waals surface area contributed by atoms with Crippen LogP contribution in [0, 0.1) is 5.82 Å². The smallest absolute Gasteiger partial charge is 0.301 e. The van der Waals surface area contributed by atoms with E-state index >= 15 is 0 Å². The Morgan fingerprint density at radius 2 is 2.05 bits per heavy atom. The fraction of sp³-hybridized carbons (Fsp3) is 0.200. The second-order valence-electron chi connectivity index (χ2n) is 3.52. The quantitative estimate of drug-likeness (QED) is 0.482. The molecule has 1 heterocycles. The molecule has 3 nitrogen and oxygen atoms in total. The monoisotopic (exact) mass is 356 g/mol. The largest absolute Gasteiger partial charge is 0.417 e. The van der Waals surface area contributed by atoms with Crippen molar-refractivity contribution in [1.29, 1.82) is 0 Å². The van der Waals surface area contributed by atoms with Crippen LogP contribution < -0.4 is 5.56 Å². The molecule has 0 aliphatic rings. The van der Waals surface area contributed by atoms with E-state index in [0.717, 1.165) is 11.8 Å². The minimum Gasteiger partial charge on any atom is -0.301 e. The number of hydrogen-bond acceptors (Lipinski definition) is 3. The molecule has 0 aliphatic heterocycles. The van der Waals surface area contributed by atoms with Crippen LogP contribution in [0.15, 0.2) is 20.5 Å². The first-order valence-corrected chi connectivity index (χ1v) is 6.80. The van der Waals surface area contributed by atoms with Crippen molar-refractivity contribution >= 4 is 38.6 Å². The fourth-order valence-electron chi connectivity index (χ4n) is 1.50. The highest BCUT2D eigenvalue weighted by molar-refractivity contribution is 9.10. The van der Waals surface area contributed by atoms with Gasteiger partial charge in [-0.25, -0.2) is 9.37 Å². The number of nitrogens with zero attached hydrogens (tertiary/aromatic N) is 1. The lowest BCUT2D eigenvalue weighted by atomic mass is 10.1. The zero-order valence-corrected chi connectivity index (χ0v) is 11.6. The molecule has 102 valence electrons. The van der Waals surface area contributed by atoms with Gasteiger partial charge < -0.3 is 4.98 Å². The van der Waals surface area contributed by atoms with Gasteiger partial charge in [-0.3, -0.25) is 4.79 Å². The van der Waals surface area contributed by atoms with Crippen LogP contribution >= 0.6 is 27.7 Å². The maximum Gasteiger partial charge on any atom is 0.417 e. The number of nitrogens with one attached hydrogen (secondary N) is 1. The summed E-state index contributed by atoms with van der Waals surface area (Å²) in [7, 11) is 0. The Labute approximate surface area is 116 Å². The predicted octanol–water partition coefficient (Wildman–Crippen LogP) is 3.57. The lowest BCUT2D eigenvalue weighted by molar-refractivity contribution is -0.138. The van der Waals surface area contributed by atoms with Crippen molar-refractivity contribution in [2.24, 2.45) is 0 Å². The van der Waals surface area contributed by atoms with Gasteiger partial charge in [-0.2, -0.15) is 13.2 Å². The van der Waals surface area contributed by atoms with Gasteiger partial charge in [-0.15, -0.1) is 0 Å². The van der Waals surface area contributed by atoms with E-state index < -0.39 is 38.5 Å². The highest BCUT2D eigenvalue weighted by Gasteiger charge is 2.35. The van der Waals surface area contributed by atoms with Crippen molar-refractivity contribution in [2.75, 3.05) is 6.26 Å². The van der Waals surface area contributed by atoms with Gasteiger partial charge in [0.05, 0.1) is 15.4 Å². The molecular weight excluding hydrogens is 352 g/mol. The Morgan fingerprint density at radius 3 is 2.58 bits per heavy atom. The van der Waals surface area contributed by atoms with E-state index in [2.05, 4.69) is 25.9 Å². The number of thioether (sulfide) groups is 1. The van der Waals surface area contributed by atoms with E-state index in [9.17, 15) is 22.4 Å². The highest BCUT2D eigenvalue weighted by atomic mass is 79.9. The molecular formula is C10H5BrF4N2OS. The molecule has 0 atom stereocenters.